The maximum absolute atomic E-state index is 12.1. The highest BCUT2D eigenvalue weighted by molar-refractivity contribution is 5.73. The number of aliphatic hydroxyl groups excluding tert-OH is 1. The minimum Gasteiger partial charge on any atom is -0.481 e. The first kappa shape index (κ1) is 25.2. The van der Waals surface area contributed by atoms with E-state index in [0.717, 1.165) is 25.7 Å². The maximum atomic E-state index is 12.1. The quantitative estimate of drug-likeness (QED) is 0.407. The molecule has 0 bridgehead atoms. The Morgan fingerprint density at radius 3 is 2.38 bits per heavy atom. The van der Waals surface area contributed by atoms with Gasteiger partial charge < -0.3 is 25.6 Å². The lowest BCUT2D eigenvalue weighted by Gasteiger charge is -2.26. The first-order valence-electron chi connectivity index (χ1n) is 10.6. The Hall–Kier alpha value is -1.83. The second-order valence-electron chi connectivity index (χ2n) is 9.27. The van der Waals surface area contributed by atoms with E-state index in [1.807, 2.05) is 0 Å². The van der Waals surface area contributed by atoms with Gasteiger partial charge in [-0.3, -0.25) is 9.59 Å². The van der Waals surface area contributed by atoms with Crippen LogP contribution in [0.25, 0.3) is 0 Å². The van der Waals surface area contributed by atoms with E-state index in [0.29, 0.717) is 18.9 Å². The van der Waals surface area contributed by atoms with Gasteiger partial charge in [0, 0.05) is 25.4 Å². The fourth-order valence-corrected chi connectivity index (χ4v) is 3.84. The van der Waals surface area contributed by atoms with Crippen LogP contribution in [0.2, 0.25) is 0 Å². The summed E-state index contributed by atoms with van der Waals surface area (Å²) in [6.07, 6.45) is 3.06. The third-order valence-electron chi connectivity index (χ3n) is 5.33. The molecule has 5 atom stereocenters. The van der Waals surface area contributed by atoms with E-state index < -0.39 is 35.7 Å². The van der Waals surface area contributed by atoms with Gasteiger partial charge in [-0.25, -0.2) is 4.79 Å². The molecule has 29 heavy (non-hydrogen) atoms. The minimum absolute atomic E-state index is 0.0245. The van der Waals surface area contributed by atoms with E-state index in [1.165, 1.54) is 6.92 Å². The second kappa shape index (κ2) is 11.4. The van der Waals surface area contributed by atoms with Crippen LogP contribution in [-0.2, 0) is 14.3 Å². The standard InChI is InChI=1S/C21H38N2O6/c1-13(12-22-14(2)24)9-7-6-8-10-15-17(11-16(18(15)25)19(26)27)23-20(28)29-21(3,4)5/h13,15-18,25H,6-12H2,1-5H3,(H,22,24)(H,23,28)(H,26,27). The van der Waals surface area contributed by atoms with Gasteiger partial charge in [0.25, 0.3) is 0 Å². The molecule has 0 aromatic heterocycles. The highest BCUT2D eigenvalue weighted by Crippen LogP contribution is 2.36. The van der Waals surface area contributed by atoms with Gasteiger partial charge in [-0.05, 0) is 46.0 Å². The molecular formula is C21H38N2O6. The lowest BCUT2D eigenvalue weighted by Crippen LogP contribution is -2.42. The number of rotatable bonds is 10. The molecule has 1 fully saturated rings. The Morgan fingerprint density at radius 1 is 1.17 bits per heavy atom. The van der Waals surface area contributed by atoms with Crippen molar-refractivity contribution in [1.82, 2.24) is 10.6 Å². The molecule has 1 saturated carbocycles. The molecule has 5 unspecified atom stereocenters. The molecule has 0 aromatic carbocycles. The molecule has 4 N–H and O–H groups in total. The highest BCUT2D eigenvalue weighted by Gasteiger charge is 2.46. The van der Waals surface area contributed by atoms with Crippen LogP contribution in [0.15, 0.2) is 0 Å². The van der Waals surface area contributed by atoms with Crippen LogP contribution in [-0.4, -0.2) is 52.5 Å². The molecule has 1 rings (SSSR count). The molecule has 8 heteroatoms. The van der Waals surface area contributed by atoms with Crippen LogP contribution < -0.4 is 10.6 Å². The molecule has 8 nitrogen and oxygen atoms in total. The zero-order chi connectivity index (χ0) is 22.2. The number of carbonyl (C=O) groups excluding carboxylic acids is 2. The number of ether oxygens (including phenoxy) is 1. The summed E-state index contributed by atoms with van der Waals surface area (Å²) >= 11 is 0. The van der Waals surface area contributed by atoms with Gasteiger partial charge in [0.2, 0.25) is 5.91 Å². The van der Waals surface area contributed by atoms with E-state index in [4.69, 9.17) is 4.74 Å². The lowest BCUT2D eigenvalue weighted by atomic mass is 9.92. The van der Waals surface area contributed by atoms with Crippen LogP contribution >= 0.6 is 0 Å². The number of carboxylic acids is 1. The predicted octanol–water partition coefficient (Wildman–Crippen LogP) is 2.68. The summed E-state index contributed by atoms with van der Waals surface area (Å²) in [6, 6.07) is -0.417. The van der Waals surface area contributed by atoms with Crippen molar-refractivity contribution < 1.29 is 29.3 Å². The molecule has 0 radical (unpaired) electrons. The lowest BCUT2D eigenvalue weighted by molar-refractivity contribution is -0.145. The predicted molar refractivity (Wildman–Crippen MR) is 109 cm³/mol. The van der Waals surface area contributed by atoms with Crippen LogP contribution in [0.1, 0.15) is 73.1 Å². The van der Waals surface area contributed by atoms with Crippen molar-refractivity contribution in [2.45, 2.75) is 90.9 Å². The van der Waals surface area contributed by atoms with E-state index in [1.54, 1.807) is 20.8 Å². The number of aliphatic hydroxyl groups is 1. The molecule has 1 aliphatic rings. The zero-order valence-corrected chi connectivity index (χ0v) is 18.4. The summed E-state index contributed by atoms with van der Waals surface area (Å²) in [5.41, 5.74) is -0.642. The number of carbonyl (C=O) groups is 3. The van der Waals surface area contributed by atoms with E-state index in [-0.39, 0.29) is 18.2 Å². The van der Waals surface area contributed by atoms with Gasteiger partial charge in [-0.1, -0.05) is 26.2 Å². The van der Waals surface area contributed by atoms with Gasteiger partial charge >= 0.3 is 12.1 Å². The molecule has 0 aromatic rings. The molecule has 0 heterocycles. The first-order valence-corrected chi connectivity index (χ1v) is 10.6. The van der Waals surface area contributed by atoms with Crippen LogP contribution in [0.5, 0.6) is 0 Å². The third-order valence-corrected chi connectivity index (χ3v) is 5.33. The summed E-state index contributed by atoms with van der Waals surface area (Å²) in [6.45, 7) is 9.56. The van der Waals surface area contributed by atoms with Crippen molar-refractivity contribution in [3.63, 3.8) is 0 Å². The van der Waals surface area contributed by atoms with Crippen molar-refractivity contribution >= 4 is 18.0 Å². The number of hydrogen-bond acceptors (Lipinski definition) is 5. The number of unbranched alkanes of at least 4 members (excludes halogenated alkanes) is 2. The monoisotopic (exact) mass is 414 g/mol. The van der Waals surface area contributed by atoms with Crippen molar-refractivity contribution in [3.05, 3.63) is 0 Å². The second-order valence-corrected chi connectivity index (χ2v) is 9.27. The van der Waals surface area contributed by atoms with Crippen molar-refractivity contribution in [2.75, 3.05) is 6.54 Å². The number of nitrogens with one attached hydrogen (secondary N) is 2. The SMILES string of the molecule is CC(=O)NCC(C)CCCCCC1C(NC(=O)OC(C)(C)C)CC(C(=O)O)C1O. The van der Waals surface area contributed by atoms with Crippen LogP contribution in [0, 0.1) is 17.8 Å². The number of hydrogen-bond donors (Lipinski definition) is 4. The van der Waals surface area contributed by atoms with Gasteiger partial charge in [-0.15, -0.1) is 0 Å². The van der Waals surface area contributed by atoms with E-state index in [9.17, 15) is 24.6 Å². The number of amides is 2. The largest absolute Gasteiger partial charge is 0.481 e. The molecule has 2 amide bonds. The van der Waals surface area contributed by atoms with Crippen molar-refractivity contribution in [1.29, 1.82) is 0 Å². The Morgan fingerprint density at radius 2 is 1.83 bits per heavy atom. The summed E-state index contributed by atoms with van der Waals surface area (Å²) in [4.78, 5) is 34.5. The maximum Gasteiger partial charge on any atom is 0.407 e. The summed E-state index contributed by atoms with van der Waals surface area (Å²) in [7, 11) is 0. The number of carboxylic acid groups (broad SMARTS) is 1. The topological polar surface area (TPSA) is 125 Å². The Balaban J connectivity index is 2.50. The molecular weight excluding hydrogens is 376 g/mol. The highest BCUT2D eigenvalue weighted by atomic mass is 16.6. The fourth-order valence-electron chi connectivity index (χ4n) is 3.84. The van der Waals surface area contributed by atoms with Gasteiger partial charge in [0.05, 0.1) is 12.0 Å². The number of alkyl carbamates (subject to hydrolysis) is 1. The van der Waals surface area contributed by atoms with Crippen molar-refractivity contribution in [3.8, 4) is 0 Å². The van der Waals surface area contributed by atoms with Gasteiger partial charge in [0.1, 0.15) is 5.60 Å². The average Bonchev–Trinajstić information content (AvgIpc) is 2.87. The Bertz CT molecular complexity index is 560. The van der Waals surface area contributed by atoms with Gasteiger partial charge in [-0.2, -0.15) is 0 Å². The Labute approximate surface area is 173 Å². The van der Waals surface area contributed by atoms with Crippen molar-refractivity contribution in [2.24, 2.45) is 17.8 Å². The van der Waals surface area contributed by atoms with Gasteiger partial charge in [0.15, 0.2) is 0 Å². The minimum atomic E-state index is -1.04. The molecule has 0 spiro atoms. The van der Waals surface area contributed by atoms with E-state index >= 15 is 0 Å². The van der Waals surface area contributed by atoms with Crippen LogP contribution in [0.4, 0.5) is 4.79 Å². The van der Waals surface area contributed by atoms with E-state index in [2.05, 4.69) is 17.6 Å². The molecule has 1 aliphatic carbocycles. The summed E-state index contributed by atoms with van der Waals surface area (Å²) in [5, 5.41) is 25.4. The number of aliphatic carboxylic acids is 1. The molecule has 0 saturated heterocycles. The Kier molecular flexibility index (Phi) is 9.89. The van der Waals surface area contributed by atoms with Crippen LogP contribution in [0.3, 0.4) is 0 Å². The smallest absolute Gasteiger partial charge is 0.407 e. The third kappa shape index (κ3) is 9.47. The fraction of sp³-hybridized carbons (Fsp3) is 0.857. The molecule has 0 aliphatic heterocycles. The average molecular weight is 415 g/mol. The normalized spacial score (nSPS) is 25.3. The first-order chi connectivity index (χ1) is 13.4. The summed E-state index contributed by atoms with van der Waals surface area (Å²) in [5.74, 6) is -1.85. The zero-order valence-electron chi connectivity index (χ0n) is 18.4. The summed E-state index contributed by atoms with van der Waals surface area (Å²) < 4.78 is 5.28. The molecule has 168 valence electrons.